The minimum Gasteiger partial charge on any atom is -0.495 e. The van der Waals surface area contributed by atoms with Crippen LogP contribution in [-0.2, 0) is 14.8 Å². The Bertz CT molecular complexity index is 731. The Kier molecular flexibility index (Phi) is 8.03. The lowest BCUT2D eigenvalue weighted by Crippen LogP contribution is -3.09. The predicted octanol–water partition coefficient (Wildman–Crippen LogP) is -1.48. The molecule has 0 bridgehead atoms. The fraction of sp³-hybridized carbons (Fsp3) is 0.611. The van der Waals surface area contributed by atoms with Crippen LogP contribution in [0.15, 0.2) is 23.1 Å². The van der Waals surface area contributed by atoms with Crippen molar-refractivity contribution in [2.75, 3.05) is 59.2 Å². The maximum atomic E-state index is 13.0. The van der Waals surface area contributed by atoms with E-state index in [4.69, 9.17) is 4.74 Å². The van der Waals surface area contributed by atoms with E-state index in [2.05, 4.69) is 19.4 Å². The van der Waals surface area contributed by atoms with Crippen molar-refractivity contribution in [3.8, 4) is 5.75 Å². The fourth-order valence-electron chi connectivity index (χ4n) is 3.04. The quantitative estimate of drug-likeness (QED) is 0.440. The molecule has 0 saturated carbocycles. The lowest BCUT2D eigenvalue weighted by molar-refractivity contribution is -0.873. The zero-order chi connectivity index (χ0) is 19.9. The zero-order valence-corrected chi connectivity index (χ0v) is 17.3. The number of hydrogen-bond donors (Lipinski definition) is 3. The number of ether oxygens (including phenoxy) is 1. The number of carbonyl (C=O) groups excluding carboxylic acids is 1. The summed E-state index contributed by atoms with van der Waals surface area (Å²) in [7, 11) is 1.93. The number of hydrogen-bond acceptors (Lipinski definition) is 4. The molecule has 1 aliphatic heterocycles. The molecule has 4 N–H and O–H groups in total. The summed E-state index contributed by atoms with van der Waals surface area (Å²) >= 11 is 0. The fourth-order valence-corrected chi connectivity index (χ4v) is 4.73. The van der Waals surface area contributed by atoms with Gasteiger partial charge in [-0.05, 0) is 31.0 Å². The number of methoxy groups -OCH3 is 1. The van der Waals surface area contributed by atoms with Crippen molar-refractivity contribution in [3.05, 3.63) is 18.2 Å². The number of amides is 1. The molecule has 1 aromatic rings. The number of quaternary nitrogens is 2. The van der Waals surface area contributed by atoms with Gasteiger partial charge < -0.3 is 20.3 Å². The first-order valence-electron chi connectivity index (χ1n) is 9.43. The first-order valence-corrected chi connectivity index (χ1v) is 10.9. The Balaban J connectivity index is 2.09. The minimum atomic E-state index is -3.65. The molecule has 1 aromatic carbocycles. The summed E-state index contributed by atoms with van der Waals surface area (Å²) < 4.78 is 32.8. The Morgan fingerprint density at radius 1 is 1.26 bits per heavy atom. The van der Waals surface area contributed by atoms with E-state index in [1.165, 1.54) is 22.4 Å². The van der Waals surface area contributed by atoms with Gasteiger partial charge in [0, 0.05) is 18.8 Å². The van der Waals surface area contributed by atoms with Gasteiger partial charge in [-0.2, -0.15) is 4.31 Å². The second-order valence-electron chi connectivity index (χ2n) is 7.12. The molecule has 152 valence electrons. The van der Waals surface area contributed by atoms with Crippen LogP contribution in [0.4, 0.5) is 5.69 Å². The Labute approximate surface area is 161 Å². The average molecular weight is 401 g/mol. The van der Waals surface area contributed by atoms with Gasteiger partial charge >= 0.3 is 0 Å². The Morgan fingerprint density at radius 3 is 2.59 bits per heavy atom. The van der Waals surface area contributed by atoms with Crippen molar-refractivity contribution < 1.29 is 28.2 Å². The third-order valence-corrected chi connectivity index (χ3v) is 6.48. The van der Waals surface area contributed by atoms with Crippen LogP contribution in [0.5, 0.6) is 5.75 Å². The van der Waals surface area contributed by atoms with Crippen LogP contribution in [0, 0.1) is 0 Å². The lowest BCUT2D eigenvalue weighted by Gasteiger charge is -2.26. The molecule has 9 heteroatoms. The van der Waals surface area contributed by atoms with E-state index in [1.807, 2.05) is 5.32 Å². The summed E-state index contributed by atoms with van der Waals surface area (Å²) in [5.41, 5.74) is 0.461. The highest BCUT2D eigenvalue weighted by Gasteiger charge is 2.29. The summed E-state index contributed by atoms with van der Waals surface area (Å²) in [5, 5.41) is 4.72. The number of benzene rings is 1. The van der Waals surface area contributed by atoms with Gasteiger partial charge in [0.25, 0.3) is 5.91 Å². The van der Waals surface area contributed by atoms with Crippen LogP contribution in [0.25, 0.3) is 0 Å². The summed E-state index contributed by atoms with van der Waals surface area (Å²) in [6.07, 6.45) is 2.77. The average Bonchev–Trinajstić information content (AvgIpc) is 2.65. The van der Waals surface area contributed by atoms with Gasteiger partial charge in [0.05, 0.1) is 21.2 Å². The van der Waals surface area contributed by atoms with E-state index >= 15 is 0 Å². The molecule has 8 nitrogen and oxygen atoms in total. The number of sulfonamides is 1. The largest absolute Gasteiger partial charge is 0.495 e. The molecule has 0 radical (unpaired) electrons. The van der Waals surface area contributed by atoms with Gasteiger partial charge in [-0.3, -0.25) is 4.79 Å². The second kappa shape index (κ2) is 10.0. The number of piperidine rings is 1. The van der Waals surface area contributed by atoms with Crippen molar-refractivity contribution >= 4 is 21.6 Å². The number of rotatable bonds is 9. The monoisotopic (exact) mass is 400 g/mol. The maximum Gasteiger partial charge on any atom is 0.279 e. The van der Waals surface area contributed by atoms with Crippen LogP contribution in [0.2, 0.25) is 0 Å². The molecule has 0 spiro atoms. The van der Waals surface area contributed by atoms with E-state index in [-0.39, 0.29) is 10.8 Å². The van der Waals surface area contributed by atoms with Crippen molar-refractivity contribution in [2.24, 2.45) is 0 Å². The molecule has 0 aliphatic carbocycles. The SMILES string of the molecule is COc1ccc(NC(=O)C[NH2+]CC[NH+](C)C)cc1S(=O)(=O)N1CCCCC1. The molecule has 2 rings (SSSR count). The first kappa shape index (κ1) is 21.6. The molecule has 1 fully saturated rings. The number of nitrogens with two attached hydrogens (primary N) is 1. The number of carbonyl (C=O) groups is 1. The Morgan fingerprint density at radius 2 is 1.96 bits per heavy atom. The molecule has 1 heterocycles. The molecule has 27 heavy (non-hydrogen) atoms. The molecule has 0 unspecified atom stereocenters. The highest BCUT2D eigenvalue weighted by atomic mass is 32.2. The smallest absolute Gasteiger partial charge is 0.279 e. The standard InChI is InChI=1S/C18H30N4O4S/c1-21(2)12-9-19-14-18(23)20-15-7-8-16(26-3)17(13-15)27(24,25)22-10-5-4-6-11-22/h7-8,13,19H,4-6,9-12,14H2,1-3H3,(H,20,23)/p+2. The van der Waals surface area contributed by atoms with Crippen molar-refractivity contribution in [2.45, 2.75) is 24.2 Å². The van der Waals surface area contributed by atoms with Gasteiger partial charge in [-0.1, -0.05) is 6.42 Å². The summed E-state index contributed by atoms with van der Waals surface area (Å²) in [4.78, 5) is 13.6. The van der Waals surface area contributed by atoms with Gasteiger partial charge in [0.1, 0.15) is 23.7 Å². The molecule has 1 saturated heterocycles. The lowest BCUT2D eigenvalue weighted by atomic mass is 10.2. The molecular weight excluding hydrogens is 368 g/mol. The summed E-state index contributed by atoms with van der Waals surface area (Å²) in [5.74, 6) is 0.134. The van der Waals surface area contributed by atoms with Crippen molar-refractivity contribution in [1.82, 2.24) is 4.31 Å². The molecule has 1 amide bonds. The Hall–Kier alpha value is -1.68. The normalized spacial score (nSPS) is 15.7. The first-order chi connectivity index (χ1) is 12.8. The van der Waals surface area contributed by atoms with Gasteiger partial charge in [0.2, 0.25) is 10.0 Å². The highest BCUT2D eigenvalue weighted by Crippen LogP contribution is 2.31. The van der Waals surface area contributed by atoms with Gasteiger partial charge in [0.15, 0.2) is 6.54 Å². The van der Waals surface area contributed by atoms with Crippen molar-refractivity contribution in [1.29, 1.82) is 0 Å². The number of nitrogens with one attached hydrogen (secondary N) is 2. The predicted molar refractivity (Wildman–Crippen MR) is 104 cm³/mol. The molecule has 0 atom stereocenters. The van der Waals surface area contributed by atoms with Crippen molar-refractivity contribution in [3.63, 3.8) is 0 Å². The topological polar surface area (TPSA) is 96.8 Å². The molecular formula is C18H32N4O4S+2. The van der Waals surface area contributed by atoms with Crippen LogP contribution < -0.4 is 20.3 Å². The number of likely N-dealkylation sites (N-methyl/N-ethyl adjacent to an activating group) is 1. The number of anilines is 1. The van der Waals surface area contributed by atoms with Crippen LogP contribution >= 0.6 is 0 Å². The number of nitrogens with zero attached hydrogens (tertiary/aromatic N) is 1. The highest BCUT2D eigenvalue weighted by molar-refractivity contribution is 7.89. The maximum absolute atomic E-state index is 13.0. The van der Waals surface area contributed by atoms with Crippen LogP contribution in [0.3, 0.4) is 0 Å². The van der Waals surface area contributed by atoms with Crippen LogP contribution in [-0.4, -0.2) is 72.6 Å². The van der Waals surface area contributed by atoms with Crippen LogP contribution in [0.1, 0.15) is 19.3 Å². The summed E-state index contributed by atoms with van der Waals surface area (Å²) in [6, 6.07) is 4.74. The third kappa shape index (κ3) is 6.17. The zero-order valence-electron chi connectivity index (χ0n) is 16.5. The second-order valence-corrected chi connectivity index (χ2v) is 9.02. The van der Waals surface area contributed by atoms with E-state index < -0.39 is 10.0 Å². The minimum absolute atomic E-state index is 0.102. The van der Waals surface area contributed by atoms with E-state index in [0.29, 0.717) is 31.1 Å². The molecule has 0 aromatic heterocycles. The van der Waals surface area contributed by atoms with E-state index in [1.54, 1.807) is 12.1 Å². The van der Waals surface area contributed by atoms with Gasteiger partial charge in [-0.25, -0.2) is 8.42 Å². The summed E-state index contributed by atoms with van der Waals surface area (Å²) in [6.45, 7) is 3.16. The van der Waals surface area contributed by atoms with E-state index in [0.717, 1.165) is 32.4 Å². The van der Waals surface area contributed by atoms with E-state index in [9.17, 15) is 13.2 Å². The third-order valence-electron chi connectivity index (χ3n) is 4.56. The molecule has 1 aliphatic rings. The van der Waals surface area contributed by atoms with Gasteiger partial charge in [-0.15, -0.1) is 0 Å².